The summed E-state index contributed by atoms with van der Waals surface area (Å²) in [5.41, 5.74) is -0.100. The van der Waals surface area contributed by atoms with Crippen molar-refractivity contribution in [3.05, 3.63) is 0 Å². The molecular formula is C18H33ClN4O. The Morgan fingerprint density at radius 3 is 2.42 bits per heavy atom. The van der Waals surface area contributed by atoms with Gasteiger partial charge in [0.1, 0.15) is 6.29 Å². The molecule has 0 radical (unpaired) electrons. The topological polar surface area (TPSA) is 65.2 Å². The lowest BCUT2D eigenvalue weighted by molar-refractivity contribution is 0.167. The maximum Gasteiger partial charge on any atom is 0.317 e. The number of nitrogens with one attached hydrogen (secondary N) is 4. The molecule has 0 bridgehead atoms. The fraction of sp³-hybridized carbons (Fsp3) is 0.944. The van der Waals surface area contributed by atoms with E-state index in [0.29, 0.717) is 12.1 Å². The molecule has 0 aromatic heterocycles. The summed E-state index contributed by atoms with van der Waals surface area (Å²) in [6, 6.07) is 0.523. The highest BCUT2D eigenvalue weighted by atomic mass is 35.5. The first-order valence-corrected chi connectivity index (χ1v) is 10.3. The molecule has 1 aliphatic heterocycles. The van der Waals surface area contributed by atoms with Gasteiger partial charge < -0.3 is 10.6 Å². The van der Waals surface area contributed by atoms with Crippen molar-refractivity contribution >= 4 is 17.6 Å². The van der Waals surface area contributed by atoms with Crippen LogP contribution in [-0.2, 0) is 0 Å². The number of rotatable bonds is 3. The van der Waals surface area contributed by atoms with Gasteiger partial charge in [-0.05, 0) is 38.0 Å². The Hall–Kier alpha value is -0.520. The molecule has 5 nitrogen and oxygen atoms in total. The summed E-state index contributed by atoms with van der Waals surface area (Å²) in [4.78, 5) is 12.3. The SMILES string of the molecule is CC1CC(Cl)NC(NC(=O)NC2CCCC(C3CCCCC3)C2)N1. The van der Waals surface area contributed by atoms with E-state index in [0.717, 1.165) is 31.1 Å². The van der Waals surface area contributed by atoms with Gasteiger partial charge in [-0.1, -0.05) is 44.9 Å². The Kier molecular flexibility index (Phi) is 6.64. The van der Waals surface area contributed by atoms with Crippen LogP contribution in [0.4, 0.5) is 4.79 Å². The van der Waals surface area contributed by atoms with Crippen LogP contribution in [0.25, 0.3) is 0 Å². The number of amides is 2. The summed E-state index contributed by atoms with van der Waals surface area (Å²) >= 11 is 6.16. The third kappa shape index (κ3) is 5.24. The second kappa shape index (κ2) is 8.72. The first-order valence-electron chi connectivity index (χ1n) is 9.83. The fourth-order valence-electron chi connectivity index (χ4n) is 4.79. The van der Waals surface area contributed by atoms with Crippen molar-refractivity contribution in [2.45, 2.75) is 95.0 Å². The normalized spacial score (nSPS) is 38.5. The smallest absolute Gasteiger partial charge is 0.317 e. The van der Waals surface area contributed by atoms with Crippen LogP contribution in [0.5, 0.6) is 0 Å². The molecule has 0 aromatic carbocycles. The summed E-state index contributed by atoms with van der Waals surface area (Å²) in [5.74, 6) is 1.70. The van der Waals surface area contributed by atoms with Gasteiger partial charge in [-0.25, -0.2) is 4.79 Å². The molecule has 24 heavy (non-hydrogen) atoms. The van der Waals surface area contributed by atoms with Gasteiger partial charge in [0.05, 0.1) is 5.50 Å². The van der Waals surface area contributed by atoms with Crippen molar-refractivity contribution in [3.8, 4) is 0 Å². The van der Waals surface area contributed by atoms with Crippen LogP contribution in [0.3, 0.4) is 0 Å². The monoisotopic (exact) mass is 356 g/mol. The van der Waals surface area contributed by atoms with Crippen molar-refractivity contribution in [3.63, 3.8) is 0 Å². The number of carbonyl (C=O) groups is 1. The quantitative estimate of drug-likeness (QED) is 0.463. The summed E-state index contributed by atoms with van der Waals surface area (Å²) in [6.45, 7) is 2.08. The van der Waals surface area contributed by atoms with E-state index < -0.39 is 0 Å². The van der Waals surface area contributed by atoms with Gasteiger partial charge in [0.15, 0.2) is 0 Å². The molecule has 6 heteroatoms. The number of hydrogen-bond donors (Lipinski definition) is 4. The Labute approximate surface area is 151 Å². The zero-order chi connectivity index (χ0) is 16.9. The lowest BCUT2D eigenvalue weighted by Crippen LogP contribution is -2.65. The van der Waals surface area contributed by atoms with Crippen molar-refractivity contribution in [1.82, 2.24) is 21.3 Å². The summed E-state index contributed by atoms with van der Waals surface area (Å²) in [5, 5.41) is 12.6. The zero-order valence-corrected chi connectivity index (χ0v) is 15.6. The van der Waals surface area contributed by atoms with Gasteiger partial charge in [0, 0.05) is 12.1 Å². The molecule has 0 aromatic rings. The highest BCUT2D eigenvalue weighted by Crippen LogP contribution is 2.38. The average molecular weight is 357 g/mol. The molecule has 3 aliphatic rings. The number of halogens is 1. The standard InChI is InChI=1S/C18H33ClN4O/c1-12-10-16(19)22-17(20-12)23-18(24)21-15-9-5-8-14(11-15)13-6-3-2-4-7-13/h12-17,20,22H,2-11H2,1H3,(H2,21,23,24). The first-order chi connectivity index (χ1) is 11.6. The number of carbonyl (C=O) groups excluding carboxylic acids is 1. The van der Waals surface area contributed by atoms with Crippen molar-refractivity contribution in [2.24, 2.45) is 11.8 Å². The lowest BCUT2D eigenvalue weighted by atomic mass is 9.72. The number of hydrogen-bond acceptors (Lipinski definition) is 3. The van der Waals surface area contributed by atoms with Crippen LogP contribution in [0, 0.1) is 11.8 Å². The Balaban J connectivity index is 1.43. The van der Waals surface area contributed by atoms with Crippen molar-refractivity contribution in [1.29, 1.82) is 0 Å². The molecule has 0 spiro atoms. The minimum Gasteiger partial charge on any atom is -0.335 e. The second-order valence-corrected chi connectivity index (χ2v) is 8.54. The molecule has 2 amide bonds. The minimum absolute atomic E-state index is 0.0905. The Morgan fingerprint density at radius 1 is 0.917 bits per heavy atom. The van der Waals surface area contributed by atoms with Crippen molar-refractivity contribution < 1.29 is 4.79 Å². The maximum absolute atomic E-state index is 12.3. The molecule has 4 N–H and O–H groups in total. The van der Waals surface area contributed by atoms with Gasteiger partial charge in [0.25, 0.3) is 0 Å². The van der Waals surface area contributed by atoms with Gasteiger partial charge in [-0.2, -0.15) is 0 Å². The third-order valence-corrected chi connectivity index (χ3v) is 6.31. The van der Waals surface area contributed by atoms with E-state index in [1.807, 2.05) is 0 Å². The second-order valence-electron chi connectivity index (χ2n) is 8.01. The number of alkyl halides is 1. The summed E-state index contributed by atoms with van der Waals surface area (Å²) < 4.78 is 0. The van der Waals surface area contributed by atoms with Crippen LogP contribution < -0.4 is 21.3 Å². The molecule has 5 unspecified atom stereocenters. The molecule has 1 saturated heterocycles. The molecule has 138 valence electrons. The molecule has 3 fully saturated rings. The molecule has 2 saturated carbocycles. The van der Waals surface area contributed by atoms with Crippen molar-refractivity contribution in [2.75, 3.05) is 0 Å². The van der Waals surface area contributed by atoms with Gasteiger partial charge in [-0.3, -0.25) is 10.6 Å². The van der Waals surface area contributed by atoms with E-state index in [1.165, 1.54) is 44.9 Å². The predicted octanol–water partition coefficient (Wildman–Crippen LogP) is 3.24. The largest absolute Gasteiger partial charge is 0.335 e. The molecular weight excluding hydrogens is 324 g/mol. The Bertz CT molecular complexity index is 406. The van der Waals surface area contributed by atoms with E-state index in [2.05, 4.69) is 28.2 Å². The molecule has 5 atom stereocenters. The third-order valence-electron chi connectivity index (χ3n) is 6.00. The van der Waals surface area contributed by atoms with Gasteiger partial charge >= 0.3 is 6.03 Å². The van der Waals surface area contributed by atoms with E-state index >= 15 is 0 Å². The van der Waals surface area contributed by atoms with E-state index in [1.54, 1.807) is 0 Å². The van der Waals surface area contributed by atoms with Gasteiger partial charge in [-0.15, -0.1) is 11.6 Å². The van der Waals surface area contributed by atoms with Crippen LogP contribution in [0.2, 0.25) is 0 Å². The molecule has 1 heterocycles. The molecule has 3 rings (SSSR count). The first kappa shape index (κ1) is 18.3. The van der Waals surface area contributed by atoms with Gasteiger partial charge in [0.2, 0.25) is 0 Å². The lowest BCUT2D eigenvalue weighted by Gasteiger charge is -2.37. The van der Waals surface area contributed by atoms with E-state index in [9.17, 15) is 4.79 Å². The Morgan fingerprint density at radius 2 is 1.67 bits per heavy atom. The zero-order valence-electron chi connectivity index (χ0n) is 14.8. The maximum atomic E-state index is 12.3. The van der Waals surface area contributed by atoms with E-state index in [4.69, 9.17) is 11.6 Å². The van der Waals surface area contributed by atoms with Crippen LogP contribution in [0.1, 0.15) is 71.1 Å². The number of urea groups is 1. The molecule has 2 aliphatic carbocycles. The van der Waals surface area contributed by atoms with E-state index in [-0.39, 0.29) is 17.8 Å². The summed E-state index contributed by atoms with van der Waals surface area (Å²) in [6.07, 6.45) is 12.5. The van der Waals surface area contributed by atoms with Crippen LogP contribution >= 0.6 is 11.6 Å². The fourth-order valence-corrected chi connectivity index (χ4v) is 5.19. The van der Waals surface area contributed by atoms with Crippen LogP contribution in [0.15, 0.2) is 0 Å². The predicted molar refractivity (Wildman–Crippen MR) is 97.8 cm³/mol. The minimum atomic E-state index is -0.256. The highest BCUT2D eigenvalue weighted by molar-refractivity contribution is 6.20. The van der Waals surface area contributed by atoms with Crippen LogP contribution in [-0.4, -0.2) is 29.9 Å². The highest BCUT2D eigenvalue weighted by Gasteiger charge is 2.31. The average Bonchev–Trinajstić information content (AvgIpc) is 2.55. The summed E-state index contributed by atoms with van der Waals surface area (Å²) in [7, 11) is 0.